The van der Waals surface area contributed by atoms with Gasteiger partial charge in [-0.3, -0.25) is 19.7 Å². The van der Waals surface area contributed by atoms with Crippen molar-refractivity contribution in [3.8, 4) is 0 Å². The molecule has 0 aromatic heterocycles. The zero-order valence-electron chi connectivity index (χ0n) is 11.5. The molecule has 110 valence electrons. The first-order valence-corrected chi connectivity index (χ1v) is 6.74. The number of hydrogen-bond acceptors (Lipinski definition) is 4. The summed E-state index contributed by atoms with van der Waals surface area (Å²) in [7, 11) is 0. The van der Waals surface area contributed by atoms with Crippen LogP contribution in [-0.2, 0) is 9.59 Å². The monoisotopic (exact) mass is 296 g/mol. The molecule has 1 saturated heterocycles. The summed E-state index contributed by atoms with van der Waals surface area (Å²) in [6, 6.07) is 14.5. The summed E-state index contributed by atoms with van der Waals surface area (Å²) in [6.07, 6.45) is 0.111. The molecule has 3 rings (SSSR count). The van der Waals surface area contributed by atoms with Crippen LogP contribution in [0.1, 0.15) is 17.9 Å². The van der Waals surface area contributed by atoms with E-state index in [0.29, 0.717) is 5.69 Å². The second kappa shape index (κ2) is 5.40. The number of carbonyl (C=O) groups excluding carboxylic acids is 2. The third-order valence-electron chi connectivity index (χ3n) is 3.67. The molecule has 6 nitrogen and oxygen atoms in total. The molecule has 22 heavy (non-hydrogen) atoms. The number of imide groups is 1. The van der Waals surface area contributed by atoms with Gasteiger partial charge in [0.1, 0.15) is 0 Å². The normalized spacial score (nSPS) is 17.8. The lowest BCUT2D eigenvalue weighted by molar-refractivity contribution is -0.384. The molecule has 1 aliphatic heterocycles. The molecule has 2 aromatic carbocycles. The van der Waals surface area contributed by atoms with E-state index in [4.69, 9.17) is 0 Å². The lowest BCUT2D eigenvalue weighted by atomic mass is 9.98. The van der Waals surface area contributed by atoms with E-state index < -0.39 is 10.8 Å². The predicted octanol–water partition coefficient (Wildman–Crippen LogP) is 2.64. The van der Waals surface area contributed by atoms with E-state index in [2.05, 4.69) is 0 Å². The van der Waals surface area contributed by atoms with Crippen molar-refractivity contribution in [2.24, 2.45) is 0 Å². The molecule has 6 heteroatoms. The number of benzene rings is 2. The maximum absolute atomic E-state index is 12.5. The van der Waals surface area contributed by atoms with Gasteiger partial charge in [0, 0.05) is 18.6 Å². The zero-order valence-corrected chi connectivity index (χ0v) is 11.5. The number of non-ortho nitro benzene ring substituents is 1. The highest BCUT2D eigenvalue weighted by atomic mass is 16.6. The number of nitrogens with zero attached hydrogens (tertiary/aromatic N) is 2. The topological polar surface area (TPSA) is 80.5 Å². The SMILES string of the molecule is O=C1CC(c2ccccc2)C(=O)N1c1ccc([N+](=O)[O-])cc1. The minimum atomic E-state index is -0.524. The van der Waals surface area contributed by atoms with Crippen LogP contribution in [-0.4, -0.2) is 16.7 Å². The largest absolute Gasteiger partial charge is 0.274 e. The molecular formula is C16H12N2O4. The van der Waals surface area contributed by atoms with Crippen molar-refractivity contribution in [2.75, 3.05) is 4.90 Å². The van der Waals surface area contributed by atoms with Gasteiger partial charge in [0.15, 0.2) is 0 Å². The third-order valence-corrected chi connectivity index (χ3v) is 3.67. The van der Waals surface area contributed by atoms with E-state index in [1.165, 1.54) is 24.3 Å². The summed E-state index contributed by atoms with van der Waals surface area (Å²) in [4.78, 5) is 35.9. The molecule has 2 amide bonds. The second-order valence-electron chi connectivity index (χ2n) is 5.01. The van der Waals surface area contributed by atoms with Crippen LogP contribution in [0.25, 0.3) is 0 Å². The molecule has 1 atom stereocenters. The Balaban J connectivity index is 1.90. The predicted molar refractivity (Wildman–Crippen MR) is 79.4 cm³/mol. The van der Waals surface area contributed by atoms with Crippen LogP contribution in [0.4, 0.5) is 11.4 Å². The van der Waals surface area contributed by atoms with Gasteiger partial charge in [-0.15, -0.1) is 0 Å². The fraction of sp³-hybridized carbons (Fsp3) is 0.125. The van der Waals surface area contributed by atoms with Gasteiger partial charge in [0.2, 0.25) is 11.8 Å². The Kier molecular flexibility index (Phi) is 3.42. The summed E-state index contributed by atoms with van der Waals surface area (Å²) in [5.74, 6) is -1.10. The zero-order chi connectivity index (χ0) is 15.7. The van der Waals surface area contributed by atoms with Crippen molar-refractivity contribution in [2.45, 2.75) is 12.3 Å². The number of nitro benzene ring substituents is 1. The molecule has 1 aliphatic rings. The Morgan fingerprint density at radius 2 is 1.64 bits per heavy atom. The molecule has 0 aliphatic carbocycles. The van der Waals surface area contributed by atoms with Crippen molar-refractivity contribution in [1.82, 2.24) is 0 Å². The highest BCUT2D eigenvalue weighted by molar-refractivity contribution is 6.22. The van der Waals surface area contributed by atoms with Gasteiger partial charge in [-0.2, -0.15) is 0 Å². The number of nitro groups is 1. The lowest BCUT2D eigenvalue weighted by Gasteiger charge is -2.15. The molecule has 2 aromatic rings. The molecule has 0 N–H and O–H groups in total. The Bertz CT molecular complexity index is 741. The average Bonchev–Trinajstić information content (AvgIpc) is 2.83. The first-order valence-electron chi connectivity index (χ1n) is 6.74. The smallest absolute Gasteiger partial charge is 0.269 e. The molecular weight excluding hydrogens is 284 g/mol. The number of amides is 2. The number of carbonyl (C=O) groups is 2. The Labute approximate surface area is 126 Å². The molecule has 0 bridgehead atoms. The van der Waals surface area contributed by atoms with E-state index in [9.17, 15) is 19.7 Å². The summed E-state index contributed by atoms with van der Waals surface area (Å²) < 4.78 is 0. The molecule has 1 heterocycles. The lowest BCUT2D eigenvalue weighted by Crippen LogP contribution is -2.29. The highest BCUT2D eigenvalue weighted by Crippen LogP contribution is 2.33. The van der Waals surface area contributed by atoms with Crippen molar-refractivity contribution in [1.29, 1.82) is 0 Å². The summed E-state index contributed by atoms with van der Waals surface area (Å²) in [6.45, 7) is 0. The summed E-state index contributed by atoms with van der Waals surface area (Å²) in [5, 5.41) is 10.7. The van der Waals surface area contributed by atoms with Crippen molar-refractivity contribution in [3.05, 3.63) is 70.3 Å². The van der Waals surface area contributed by atoms with Crippen LogP contribution in [0.3, 0.4) is 0 Å². The average molecular weight is 296 g/mol. The quantitative estimate of drug-likeness (QED) is 0.495. The van der Waals surface area contributed by atoms with Crippen LogP contribution < -0.4 is 4.90 Å². The van der Waals surface area contributed by atoms with Crippen molar-refractivity contribution >= 4 is 23.2 Å². The van der Waals surface area contributed by atoms with E-state index in [-0.39, 0.29) is 23.9 Å². The van der Waals surface area contributed by atoms with Gasteiger partial charge in [0.05, 0.1) is 16.5 Å². The molecule has 1 unspecified atom stereocenters. The van der Waals surface area contributed by atoms with E-state index in [1.54, 1.807) is 0 Å². The van der Waals surface area contributed by atoms with Crippen LogP contribution in [0.15, 0.2) is 54.6 Å². The molecule has 0 radical (unpaired) electrons. The summed E-state index contributed by atoms with van der Waals surface area (Å²) >= 11 is 0. The molecule has 1 fully saturated rings. The van der Waals surface area contributed by atoms with Crippen LogP contribution in [0, 0.1) is 10.1 Å². The second-order valence-corrected chi connectivity index (χ2v) is 5.01. The molecule has 0 spiro atoms. The maximum Gasteiger partial charge on any atom is 0.269 e. The standard InChI is InChI=1S/C16H12N2O4/c19-15-10-14(11-4-2-1-3-5-11)16(20)17(15)12-6-8-13(9-7-12)18(21)22/h1-9,14H,10H2. The Morgan fingerprint density at radius 1 is 1.00 bits per heavy atom. The van der Waals surface area contributed by atoms with Gasteiger partial charge in [0.25, 0.3) is 5.69 Å². The van der Waals surface area contributed by atoms with Gasteiger partial charge in [-0.1, -0.05) is 30.3 Å². The van der Waals surface area contributed by atoms with E-state index in [0.717, 1.165) is 10.5 Å². The molecule has 0 saturated carbocycles. The van der Waals surface area contributed by atoms with Gasteiger partial charge >= 0.3 is 0 Å². The van der Waals surface area contributed by atoms with Gasteiger partial charge < -0.3 is 0 Å². The van der Waals surface area contributed by atoms with E-state index in [1.807, 2.05) is 30.3 Å². The summed E-state index contributed by atoms with van der Waals surface area (Å²) in [5.41, 5.74) is 1.08. The third kappa shape index (κ3) is 2.35. The maximum atomic E-state index is 12.5. The minimum Gasteiger partial charge on any atom is -0.274 e. The first kappa shape index (κ1) is 13.9. The van der Waals surface area contributed by atoms with Crippen LogP contribution >= 0.6 is 0 Å². The number of rotatable bonds is 3. The van der Waals surface area contributed by atoms with E-state index >= 15 is 0 Å². The van der Waals surface area contributed by atoms with Gasteiger partial charge in [-0.25, -0.2) is 4.90 Å². The number of hydrogen-bond donors (Lipinski definition) is 0. The van der Waals surface area contributed by atoms with Crippen LogP contribution in [0.2, 0.25) is 0 Å². The van der Waals surface area contributed by atoms with Gasteiger partial charge in [-0.05, 0) is 17.7 Å². The Hall–Kier alpha value is -3.02. The fourth-order valence-corrected chi connectivity index (χ4v) is 2.57. The van der Waals surface area contributed by atoms with Crippen molar-refractivity contribution in [3.63, 3.8) is 0 Å². The fourth-order valence-electron chi connectivity index (χ4n) is 2.57. The Morgan fingerprint density at radius 3 is 2.23 bits per heavy atom. The highest BCUT2D eigenvalue weighted by Gasteiger charge is 2.40. The minimum absolute atomic E-state index is 0.0811. The van der Waals surface area contributed by atoms with Crippen LogP contribution in [0.5, 0.6) is 0 Å². The first-order chi connectivity index (χ1) is 10.6. The van der Waals surface area contributed by atoms with Crippen molar-refractivity contribution < 1.29 is 14.5 Å². The number of anilines is 1.